The predicted molar refractivity (Wildman–Crippen MR) is 124 cm³/mol. The van der Waals surface area contributed by atoms with E-state index in [-0.39, 0.29) is 0 Å². The van der Waals surface area contributed by atoms with Gasteiger partial charge in [-0.15, -0.1) is 0 Å². The molecule has 0 saturated carbocycles. The molecule has 0 fully saturated rings. The zero-order chi connectivity index (χ0) is 30.6. The van der Waals surface area contributed by atoms with Crippen LogP contribution in [0.3, 0.4) is 0 Å². The van der Waals surface area contributed by atoms with Crippen molar-refractivity contribution in [3.63, 3.8) is 0 Å². The van der Waals surface area contributed by atoms with Crippen LogP contribution in [0.4, 0.5) is 0 Å². The summed E-state index contributed by atoms with van der Waals surface area (Å²) in [5.41, 5.74) is 10.6. The maximum absolute atomic E-state index is 12.0. The molecule has 19 heteroatoms. The van der Waals surface area contributed by atoms with E-state index in [2.05, 4.69) is 0 Å². The van der Waals surface area contributed by atoms with Crippen molar-refractivity contribution < 1.29 is 77.5 Å². The average molecular weight is 570 g/mol. The van der Waals surface area contributed by atoms with Gasteiger partial charge in [0.05, 0.1) is 19.6 Å². The van der Waals surface area contributed by atoms with Crippen LogP contribution in [0, 0.1) is 0 Å². The third-order valence-electron chi connectivity index (χ3n) is 5.81. The summed E-state index contributed by atoms with van der Waals surface area (Å²) in [6.45, 7) is -6.42. The molecule has 2 atom stereocenters. The third-order valence-corrected chi connectivity index (χ3v) is 5.81. The maximum Gasteiger partial charge on any atom is 0.359 e. The summed E-state index contributed by atoms with van der Waals surface area (Å²) < 4.78 is 7.86. The molecular weight excluding hydrogens is 534 g/mol. The van der Waals surface area contributed by atoms with Crippen LogP contribution in [0.25, 0.3) is 0 Å². The van der Waals surface area contributed by atoms with Crippen molar-refractivity contribution in [1.29, 1.82) is 0 Å². The predicted octanol–water partition coefficient (Wildman–Crippen LogP) is -4.74. The number of ether oxygens (including phenoxy) is 2. The van der Waals surface area contributed by atoms with Crippen LogP contribution in [0.5, 0.6) is 0 Å². The number of primary amides is 2. The number of methoxy groups -OCH3 is 2. The van der Waals surface area contributed by atoms with Gasteiger partial charge in [0.15, 0.2) is 26.2 Å². The minimum atomic E-state index is -1.76. The van der Waals surface area contributed by atoms with Crippen LogP contribution in [0.1, 0.15) is 0 Å². The topological polar surface area (TPSA) is 294 Å². The average Bonchev–Trinajstić information content (AvgIpc) is 2.73. The van der Waals surface area contributed by atoms with Crippen LogP contribution in [0.2, 0.25) is 0 Å². The Kier molecular flexibility index (Phi) is 13.9. The van der Waals surface area contributed by atoms with Gasteiger partial charge >= 0.3 is 41.7 Å². The van der Waals surface area contributed by atoms with E-state index in [1.54, 1.807) is 0 Å². The number of carbonyl (C=O) groups excluding carboxylic acids is 2. The molecule has 0 aromatic heterocycles. The van der Waals surface area contributed by atoms with E-state index in [0.717, 1.165) is 19.1 Å². The highest BCUT2D eigenvalue weighted by molar-refractivity contribution is 5.79. The van der Waals surface area contributed by atoms with Gasteiger partial charge < -0.3 is 46.5 Å². The molecule has 222 valence electrons. The molecule has 0 rings (SSSR count). The van der Waals surface area contributed by atoms with E-state index in [4.69, 9.17) is 20.9 Å². The smallest absolute Gasteiger partial charge is 0.359 e. The Balaban J connectivity index is 6.48. The molecule has 0 aliphatic heterocycles. The molecule has 0 aliphatic carbocycles. The number of carboxylic acids is 5. The number of nitrogens with two attached hydrogens (primary N) is 2. The molecule has 0 aromatic carbocycles. The second-order valence-electron chi connectivity index (χ2n) is 8.74. The quantitative estimate of drug-likeness (QED) is 0.0476. The lowest BCUT2D eigenvalue weighted by molar-refractivity contribution is -0.950. The molecule has 0 aliphatic rings. The van der Waals surface area contributed by atoms with Gasteiger partial charge in [-0.25, -0.2) is 19.2 Å². The summed E-state index contributed by atoms with van der Waals surface area (Å²) in [7, 11) is 2.00. The maximum atomic E-state index is 12.0. The minimum absolute atomic E-state index is 0.408. The first kappa shape index (κ1) is 35.1. The fourth-order valence-electron chi connectivity index (χ4n) is 4.43. The number of nitrogens with zero attached hydrogens (tertiary/aromatic N) is 3. The molecule has 2 unspecified atom stereocenters. The Morgan fingerprint density at radius 1 is 0.615 bits per heavy atom. The summed E-state index contributed by atoms with van der Waals surface area (Å²) in [5, 5.41) is 47.1. The van der Waals surface area contributed by atoms with Crippen molar-refractivity contribution in [1.82, 2.24) is 4.90 Å². The largest absolute Gasteiger partial charge is 0.480 e. The Hall–Kier alpha value is -3.91. The number of amides is 2. The van der Waals surface area contributed by atoms with Gasteiger partial charge in [-0.1, -0.05) is 0 Å². The molecule has 9 N–H and O–H groups in total. The number of hydrogen-bond donors (Lipinski definition) is 7. The van der Waals surface area contributed by atoms with Crippen molar-refractivity contribution >= 4 is 41.7 Å². The summed E-state index contributed by atoms with van der Waals surface area (Å²) in [4.78, 5) is 83.1. The Labute approximate surface area is 221 Å². The van der Waals surface area contributed by atoms with Crippen molar-refractivity contribution in [2.45, 2.75) is 12.5 Å². The molecule has 0 bridgehead atoms. The lowest BCUT2D eigenvalue weighted by Crippen LogP contribution is -2.67. The number of rotatable bonds is 22. The molecule has 2 amide bonds. The van der Waals surface area contributed by atoms with Crippen LogP contribution in [-0.2, 0) is 43.0 Å². The van der Waals surface area contributed by atoms with Crippen molar-refractivity contribution in [3.05, 3.63) is 0 Å². The van der Waals surface area contributed by atoms with Gasteiger partial charge in [0, 0.05) is 27.3 Å². The van der Waals surface area contributed by atoms with Gasteiger partial charge in [0.1, 0.15) is 0 Å². The fourth-order valence-corrected chi connectivity index (χ4v) is 4.43. The molecule has 0 spiro atoms. The van der Waals surface area contributed by atoms with Crippen molar-refractivity contribution in [3.8, 4) is 0 Å². The zero-order valence-corrected chi connectivity index (χ0v) is 21.4. The second kappa shape index (κ2) is 15.5. The number of quaternary nitrogens is 2. The number of carbonyl (C=O) groups is 7. The summed E-state index contributed by atoms with van der Waals surface area (Å²) >= 11 is 0. The third kappa shape index (κ3) is 11.2. The molecule has 0 aromatic rings. The Morgan fingerprint density at radius 3 is 1.08 bits per heavy atom. The van der Waals surface area contributed by atoms with Crippen LogP contribution < -0.4 is 11.5 Å². The number of aliphatic carboxylic acids is 5. The van der Waals surface area contributed by atoms with Gasteiger partial charge in [0.2, 0.25) is 0 Å². The van der Waals surface area contributed by atoms with Crippen LogP contribution in [-0.4, -0.2) is 167 Å². The summed E-state index contributed by atoms with van der Waals surface area (Å²) in [5.74, 6) is -9.87. The standard InChI is InChI=1S/C20H33N5O14/c1-38-19(17(21)36)24(8-13(28)29,9-14(30)31)5-3-23(7-12(26)27)4-6-25(10-15(32)33,11-16(34)35)20(39-2)18(22)37/h19-20H,3-11H2,1-2H3,(H7-2,21,22,26,27,28,29,30,31,32,33,34,35,36,37)/p+2. The lowest BCUT2D eigenvalue weighted by Gasteiger charge is -2.42. The number of carboxylic acid groups (broad SMARTS) is 5. The molecule has 0 heterocycles. The first-order chi connectivity index (χ1) is 17.9. The second-order valence-corrected chi connectivity index (χ2v) is 8.74. The van der Waals surface area contributed by atoms with E-state index < -0.39 is 122 Å². The van der Waals surface area contributed by atoms with Gasteiger partial charge in [-0.2, -0.15) is 0 Å². The van der Waals surface area contributed by atoms with Crippen LogP contribution in [0.15, 0.2) is 0 Å². The molecular formula is C20H35N5O14+2. The van der Waals surface area contributed by atoms with Gasteiger partial charge in [0.25, 0.3) is 12.5 Å². The fraction of sp³-hybridized carbons (Fsp3) is 0.650. The van der Waals surface area contributed by atoms with E-state index in [1.807, 2.05) is 0 Å². The molecule has 0 saturated heterocycles. The van der Waals surface area contributed by atoms with Gasteiger partial charge in [-0.05, 0) is 0 Å². The first-order valence-electron chi connectivity index (χ1n) is 11.1. The van der Waals surface area contributed by atoms with E-state index in [9.17, 15) is 59.1 Å². The molecule has 39 heavy (non-hydrogen) atoms. The van der Waals surface area contributed by atoms with Crippen molar-refractivity contribution in [2.24, 2.45) is 11.5 Å². The summed E-state index contributed by atoms with van der Waals surface area (Å²) in [6.07, 6.45) is -3.52. The SMILES string of the molecule is COC(C(N)=O)[N+](CCN(CC[N+](CC(=O)O)(CC(=O)O)C(OC)C(N)=O)CC(=O)O)(CC(=O)O)CC(=O)O. The first-order valence-corrected chi connectivity index (χ1v) is 11.1. The van der Waals surface area contributed by atoms with E-state index in [0.29, 0.717) is 0 Å². The molecule has 0 radical (unpaired) electrons. The highest BCUT2D eigenvalue weighted by atomic mass is 16.5. The zero-order valence-electron chi connectivity index (χ0n) is 21.4. The van der Waals surface area contributed by atoms with Crippen LogP contribution >= 0.6 is 0 Å². The van der Waals surface area contributed by atoms with E-state index in [1.165, 1.54) is 0 Å². The highest BCUT2D eigenvalue weighted by Crippen LogP contribution is 2.18. The van der Waals surface area contributed by atoms with Crippen molar-refractivity contribution in [2.75, 3.05) is 73.1 Å². The summed E-state index contributed by atoms with van der Waals surface area (Å²) in [6, 6.07) is 0. The number of hydrogen-bond acceptors (Lipinski definition) is 10. The van der Waals surface area contributed by atoms with E-state index >= 15 is 0 Å². The highest BCUT2D eigenvalue weighted by Gasteiger charge is 2.47. The minimum Gasteiger partial charge on any atom is -0.480 e. The monoisotopic (exact) mass is 569 g/mol. The van der Waals surface area contributed by atoms with Gasteiger partial charge in [-0.3, -0.25) is 28.2 Å². The Bertz CT molecular complexity index is 844. The lowest BCUT2D eigenvalue weighted by atomic mass is 10.2. The molecule has 19 nitrogen and oxygen atoms in total. The Morgan fingerprint density at radius 2 is 0.897 bits per heavy atom. The normalized spacial score (nSPS) is 13.4.